The van der Waals surface area contributed by atoms with Crippen LogP contribution in [0.5, 0.6) is 5.75 Å². The van der Waals surface area contributed by atoms with E-state index in [1.807, 2.05) is 30.8 Å². The number of thiazole rings is 1. The summed E-state index contributed by atoms with van der Waals surface area (Å²) in [7, 11) is 3.64. The van der Waals surface area contributed by atoms with Crippen LogP contribution < -0.4 is 9.64 Å². The second-order valence-corrected chi connectivity index (χ2v) is 7.70. The van der Waals surface area contributed by atoms with Gasteiger partial charge < -0.3 is 14.4 Å². The average molecular weight is 372 g/mol. The van der Waals surface area contributed by atoms with Gasteiger partial charge in [-0.3, -0.25) is 0 Å². The first-order valence-electron chi connectivity index (χ1n) is 8.93. The molecule has 1 atom stereocenters. The molecule has 138 valence electrons. The van der Waals surface area contributed by atoms with Crippen molar-refractivity contribution in [3.05, 3.63) is 35.5 Å². The van der Waals surface area contributed by atoms with Gasteiger partial charge in [-0.15, -0.1) is 0 Å². The number of rotatable bonds is 6. The van der Waals surface area contributed by atoms with Gasteiger partial charge in [-0.25, -0.2) is 9.67 Å². The van der Waals surface area contributed by atoms with Gasteiger partial charge in [0.1, 0.15) is 5.75 Å². The molecule has 1 aliphatic rings. The molecule has 0 unspecified atom stereocenters. The smallest absolute Gasteiger partial charge is 0.188 e. The average Bonchev–Trinajstić information content (AvgIpc) is 3.35. The van der Waals surface area contributed by atoms with Crippen LogP contribution in [-0.2, 0) is 18.3 Å². The van der Waals surface area contributed by atoms with Crippen molar-refractivity contribution in [1.82, 2.24) is 14.8 Å². The summed E-state index contributed by atoms with van der Waals surface area (Å²) in [5.74, 6) is 0.876. The van der Waals surface area contributed by atoms with E-state index in [0.717, 1.165) is 59.5 Å². The van der Waals surface area contributed by atoms with Crippen LogP contribution in [0, 0.1) is 6.92 Å². The zero-order valence-electron chi connectivity index (χ0n) is 15.4. The fourth-order valence-corrected chi connectivity index (χ4v) is 4.45. The molecular formula is C19H24N4O2S. The summed E-state index contributed by atoms with van der Waals surface area (Å²) in [5, 5.41) is 5.49. The van der Waals surface area contributed by atoms with E-state index in [4.69, 9.17) is 14.5 Å². The summed E-state index contributed by atoms with van der Waals surface area (Å²) in [6.45, 7) is 4.57. The van der Waals surface area contributed by atoms with E-state index in [9.17, 15) is 0 Å². The first-order valence-corrected chi connectivity index (χ1v) is 9.75. The molecule has 4 rings (SSSR count). The number of fused-ring (bicyclic) bond motifs is 1. The Kier molecular flexibility index (Phi) is 4.82. The molecule has 3 heterocycles. The van der Waals surface area contributed by atoms with E-state index in [2.05, 4.69) is 22.1 Å². The lowest BCUT2D eigenvalue weighted by Gasteiger charge is -2.25. The normalized spacial score (nSPS) is 17.1. The summed E-state index contributed by atoms with van der Waals surface area (Å²) in [4.78, 5) is 7.21. The minimum Gasteiger partial charge on any atom is -0.497 e. The molecule has 0 saturated carbocycles. The Morgan fingerprint density at radius 2 is 2.15 bits per heavy atom. The van der Waals surface area contributed by atoms with E-state index in [0.29, 0.717) is 0 Å². The van der Waals surface area contributed by atoms with Crippen molar-refractivity contribution in [2.24, 2.45) is 7.05 Å². The Morgan fingerprint density at radius 3 is 2.81 bits per heavy atom. The Morgan fingerprint density at radius 1 is 1.35 bits per heavy atom. The topological polar surface area (TPSA) is 52.4 Å². The predicted octanol–water partition coefficient (Wildman–Crippen LogP) is 3.53. The van der Waals surface area contributed by atoms with Crippen LogP contribution in [0.4, 0.5) is 5.13 Å². The molecule has 0 spiro atoms. The highest BCUT2D eigenvalue weighted by molar-refractivity contribution is 7.22. The Hall–Kier alpha value is -2.12. The van der Waals surface area contributed by atoms with Gasteiger partial charge in [-0.2, -0.15) is 5.10 Å². The molecule has 0 N–H and O–H groups in total. The second kappa shape index (κ2) is 7.25. The number of hydrogen-bond acceptors (Lipinski definition) is 6. The van der Waals surface area contributed by atoms with Gasteiger partial charge in [0.25, 0.3) is 0 Å². The highest BCUT2D eigenvalue weighted by Gasteiger charge is 2.23. The molecule has 26 heavy (non-hydrogen) atoms. The first kappa shape index (κ1) is 17.3. The standard InChI is InChI=1S/C19H24N4O2S/c1-13-17-18(22(2)21-13)20-19(26-17)23(12-16-5-4-10-25-16)11-14-6-8-15(24-3)9-7-14/h6-9,16H,4-5,10-12H2,1-3H3/t16-/m1/s1. The van der Waals surface area contributed by atoms with Gasteiger partial charge in [0.15, 0.2) is 10.8 Å². The van der Waals surface area contributed by atoms with Gasteiger partial charge in [-0.05, 0) is 37.5 Å². The third kappa shape index (κ3) is 3.41. The van der Waals surface area contributed by atoms with Gasteiger partial charge in [0.05, 0.1) is 23.6 Å². The minimum absolute atomic E-state index is 0.277. The van der Waals surface area contributed by atoms with Crippen LogP contribution in [0.15, 0.2) is 24.3 Å². The molecule has 0 aliphatic carbocycles. The Labute approximate surface area is 157 Å². The molecule has 1 aromatic carbocycles. The molecule has 0 bridgehead atoms. The summed E-state index contributed by atoms with van der Waals surface area (Å²) in [5.41, 5.74) is 3.22. The largest absolute Gasteiger partial charge is 0.497 e. The van der Waals surface area contributed by atoms with Crippen molar-refractivity contribution in [3.8, 4) is 5.75 Å². The number of anilines is 1. The lowest BCUT2D eigenvalue weighted by atomic mass is 10.2. The molecule has 1 fully saturated rings. The van der Waals surface area contributed by atoms with Crippen molar-refractivity contribution >= 4 is 26.8 Å². The number of methoxy groups -OCH3 is 1. The van der Waals surface area contributed by atoms with Crippen LogP contribution in [0.1, 0.15) is 24.1 Å². The number of benzene rings is 1. The SMILES string of the molecule is COc1ccc(CN(C[C@H]2CCCO2)c2nc3c(s2)c(C)nn3C)cc1. The lowest BCUT2D eigenvalue weighted by molar-refractivity contribution is 0.115. The van der Waals surface area contributed by atoms with Gasteiger partial charge in [0.2, 0.25) is 0 Å². The molecule has 0 radical (unpaired) electrons. The van der Waals surface area contributed by atoms with Crippen molar-refractivity contribution in [3.63, 3.8) is 0 Å². The van der Waals surface area contributed by atoms with Crippen molar-refractivity contribution in [1.29, 1.82) is 0 Å². The second-order valence-electron chi connectivity index (χ2n) is 6.72. The summed E-state index contributed by atoms with van der Waals surface area (Å²) >= 11 is 1.71. The molecule has 1 aliphatic heterocycles. The van der Waals surface area contributed by atoms with E-state index in [1.54, 1.807) is 18.4 Å². The van der Waals surface area contributed by atoms with Crippen LogP contribution in [-0.4, -0.2) is 41.1 Å². The number of hydrogen-bond donors (Lipinski definition) is 0. The number of aryl methyl sites for hydroxylation is 2. The molecule has 6 nitrogen and oxygen atoms in total. The lowest BCUT2D eigenvalue weighted by Crippen LogP contribution is -2.31. The fraction of sp³-hybridized carbons (Fsp3) is 0.474. The van der Waals surface area contributed by atoms with Crippen molar-refractivity contribution in [2.45, 2.75) is 32.4 Å². The van der Waals surface area contributed by atoms with Crippen molar-refractivity contribution < 1.29 is 9.47 Å². The van der Waals surface area contributed by atoms with Crippen LogP contribution in [0.2, 0.25) is 0 Å². The molecule has 3 aromatic rings. The number of ether oxygens (including phenoxy) is 2. The molecule has 7 heteroatoms. The highest BCUT2D eigenvalue weighted by Crippen LogP contribution is 2.32. The third-order valence-corrected chi connectivity index (χ3v) is 6.00. The first-order chi connectivity index (χ1) is 12.6. The van der Waals surface area contributed by atoms with Gasteiger partial charge in [-0.1, -0.05) is 23.5 Å². The van der Waals surface area contributed by atoms with Gasteiger partial charge in [0, 0.05) is 26.7 Å². The Balaban J connectivity index is 1.62. The van der Waals surface area contributed by atoms with Gasteiger partial charge >= 0.3 is 0 Å². The Bertz CT molecular complexity index is 846. The summed E-state index contributed by atoms with van der Waals surface area (Å²) in [6.07, 6.45) is 2.54. The summed E-state index contributed by atoms with van der Waals surface area (Å²) in [6, 6.07) is 8.24. The quantitative estimate of drug-likeness (QED) is 0.662. The number of nitrogens with zero attached hydrogens (tertiary/aromatic N) is 4. The van der Waals surface area contributed by atoms with Crippen LogP contribution >= 0.6 is 11.3 Å². The monoisotopic (exact) mass is 372 g/mol. The third-order valence-electron chi connectivity index (χ3n) is 4.78. The maximum absolute atomic E-state index is 5.88. The zero-order valence-corrected chi connectivity index (χ0v) is 16.3. The molecule has 0 amide bonds. The highest BCUT2D eigenvalue weighted by atomic mass is 32.1. The fourth-order valence-electron chi connectivity index (χ4n) is 3.40. The minimum atomic E-state index is 0.277. The maximum atomic E-state index is 5.88. The predicted molar refractivity (Wildman–Crippen MR) is 104 cm³/mol. The van der Waals surface area contributed by atoms with E-state index >= 15 is 0 Å². The van der Waals surface area contributed by atoms with Crippen LogP contribution in [0.3, 0.4) is 0 Å². The maximum Gasteiger partial charge on any atom is 0.188 e. The van der Waals surface area contributed by atoms with Crippen LogP contribution in [0.25, 0.3) is 10.3 Å². The molecule has 1 saturated heterocycles. The summed E-state index contributed by atoms with van der Waals surface area (Å²) < 4.78 is 14.2. The van der Waals surface area contributed by atoms with Crippen molar-refractivity contribution in [2.75, 3.05) is 25.2 Å². The molecular weight excluding hydrogens is 348 g/mol. The zero-order chi connectivity index (χ0) is 18.1. The van der Waals surface area contributed by atoms with E-state index < -0.39 is 0 Å². The molecule has 2 aromatic heterocycles. The number of aromatic nitrogens is 3. The van der Waals surface area contributed by atoms with E-state index in [1.165, 1.54) is 5.56 Å². The van der Waals surface area contributed by atoms with E-state index in [-0.39, 0.29) is 6.10 Å².